The molecule has 21 heteroatoms. The molecule has 0 saturated heterocycles. The van der Waals surface area contributed by atoms with E-state index < -0.39 is 60.3 Å². The molecule has 3 unspecified atom stereocenters. The van der Waals surface area contributed by atoms with Crippen molar-refractivity contribution in [2.75, 3.05) is 26.2 Å². The summed E-state index contributed by atoms with van der Waals surface area (Å²) in [6.45, 7) is 2.41. The molecule has 1 amide bonds. The molecule has 0 rings (SSSR count). The maximum absolute atomic E-state index is 14.0. The van der Waals surface area contributed by atoms with Gasteiger partial charge in [0.05, 0.1) is 0 Å². The summed E-state index contributed by atoms with van der Waals surface area (Å²) >= 11 is 0. The van der Waals surface area contributed by atoms with E-state index >= 15 is 0 Å². The van der Waals surface area contributed by atoms with Crippen molar-refractivity contribution in [3.05, 3.63) is 0 Å². The smallest absolute Gasteiger partial charge is 0.415 e. The van der Waals surface area contributed by atoms with Crippen LogP contribution in [0.5, 0.6) is 0 Å². The predicted molar refractivity (Wildman–Crippen MR) is 111 cm³/mol. The third kappa shape index (κ3) is 16.5. The lowest BCUT2D eigenvalue weighted by molar-refractivity contribution is -0.406. The summed E-state index contributed by atoms with van der Waals surface area (Å²) in [6.07, 6.45) is -20.2. The van der Waals surface area contributed by atoms with Crippen molar-refractivity contribution in [2.24, 2.45) is 5.73 Å². The summed E-state index contributed by atoms with van der Waals surface area (Å²) in [6, 6.07) is 0.479. The Morgan fingerprint density at radius 2 is 1.35 bits per heavy atom. The molecule has 6 N–H and O–H groups in total. The van der Waals surface area contributed by atoms with Crippen LogP contribution in [0.15, 0.2) is 0 Å². The van der Waals surface area contributed by atoms with Crippen LogP contribution in [0.3, 0.4) is 0 Å². The summed E-state index contributed by atoms with van der Waals surface area (Å²) in [5.74, 6) is -8.48. The van der Waals surface area contributed by atoms with E-state index in [-0.39, 0.29) is 25.6 Å². The van der Waals surface area contributed by atoms with Crippen LogP contribution in [0.1, 0.15) is 19.3 Å². The number of carbonyl (C=O) groups excluding carboxylic acids is 1. The monoisotopic (exact) mass is 609 g/mol. The summed E-state index contributed by atoms with van der Waals surface area (Å²) < 4.78 is 139. The minimum absolute atomic E-state index is 0.134. The van der Waals surface area contributed by atoms with E-state index in [9.17, 15) is 53.9 Å². The Bertz CT molecular complexity index is 673. The van der Waals surface area contributed by atoms with Gasteiger partial charge < -0.3 is 30.1 Å². The fourth-order valence-corrected chi connectivity index (χ4v) is 9.06. The molecule has 0 bridgehead atoms. The van der Waals surface area contributed by atoms with Gasteiger partial charge >= 0.3 is 41.4 Å². The van der Waals surface area contributed by atoms with Crippen molar-refractivity contribution < 1.29 is 71.9 Å². The number of amides is 1. The molecule has 0 spiro atoms. The molecular weight excluding hydrogens is 579 g/mol. The minimum atomic E-state index is -6.40. The number of halogens is 11. The second-order valence-electron chi connectivity index (χ2n) is 8.08. The SMILES string of the molecule is C[Si](O)(CCCN)O[Si](C)(O)CCCNCCNC(=O)C(F)(OC(F)(F)CC(F)(F)F)C(F)(F)F.FF. The summed E-state index contributed by atoms with van der Waals surface area (Å²) in [4.78, 5) is 32.1. The van der Waals surface area contributed by atoms with Crippen molar-refractivity contribution >= 4 is 23.0 Å². The van der Waals surface area contributed by atoms with Gasteiger partial charge in [0.1, 0.15) is 6.42 Å². The molecule has 0 fully saturated rings. The van der Waals surface area contributed by atoms with E-state index in [1.165, 1.54) is 18.4 Å². The van der Waals surface area contributed by atoms with Crippen molar-refractivity contribution in [2.45, 2.75) is 68.8 Å². The van der Waals surface area contributed by atoms with Crippen LogP contribution < -0.4 is 16.4 Å². The number of hydrogen-bond acceptors (Lipinski definition) is 7. The number of nitrogens with two attached hydrogens (primary N) is 1. The highest BCUT2D eigenvalue weighted by molar-refractivity contribution is 6.78. The normalized spacial score (nSPS) is 17.6. The van der Waals surface area contributed by atoms with Gasteiger partial charge in [0, 0.05) is 22.2 Å². The molecule has 8 nitrogen and oxygen atoms in total. The van der Waals surface area contributed by atoms with E-state index in [4.69, 9.17) is 19.0 Å². The molecule has 0 heterocycles. The molecule has 0 aromatic rings. The van der Waals surface area contributed by atoms with Crippen molar-refractivity contribution in [1.29, 1.82) is 0 Å². The number of alkyl halides is 9. The largest absolute Gasteiger partial charge is 0.458 e. The van der Waals surface area contributed by atoms with Crippen LogP contribution in [-0.2, 0) is 13.6 Å². The lowest BCUT2D eigenvalue weighted by Crippen LogP contribution is -2.59. The number of nitrogens with one attached hydrogen (secondary N) is 2. The Morgan fingerprint density at radius 3 is 1.78 bits per heavy atom. The van der Waals surface area contributed by atoms with Gasteiger partial charge in [-0.05, 0) is 51.1 Å². The number of ether oxygens (including phenoxy) is 1. The summed E-state index contributed by atoms with van der Waals surface area (Å²) in [5.41, 5.74) is 5.36. The fraction of sp³-hybridized carbons (Fsp3) is 0.938. The molecular formula is C16H30F11N3O5Si2. The van der Waals surface area contributed by atoms with Gasteiger partial charge in [-0.3, -0.25) is 9.53 Å². The second kappa shape index (κ2) is 15.5. The molecule has 0 aliphatic heterocycles. The fourth-order valence-electron chi connectivity index (χ4n) is 2.76. The maximum atomic E-state index is 14.0. The first-order chi connectivity index (χ1) is 16.6. The van der Waals surface area contributed by atoms with Gasteiger partial charge in [-0.25, -0.2) is 0 Å². The predicted octanol–water partition coefficient (Wildman–Crippen LogP) is 3.21. The van der Waals surface area contributed by atoms with Gasteiger partial charge in [0.15, 0.2) is 0 Å². The second-order valence-corrected chi connectivity index (χ2v) is 14.6. The Morgan fingerprint density at radius 1 is 0.865 bits per heavy atom. The zero-order valence-corrected chi connectivity index (χ0v) is 21.7. The van der Waals surface area contributed by atoms with E-state index in [0.29, 0.717) is 19.0 Å². The first-order valence-corrected chi connectivity index (χ1v) is 15.6. The van der Waals surface area contributed by atoms with Crippen LogP contribution in [0.4, 0.5) is 48.7 Å². The number of hydrogen-bond donors (Lipinski definition) is 5. The third-order valence-corrected chi connectivity index (χ3v) is 10.3. The zero-order chi connectivity index (χ0) is 29.8. The van der Waals surface area contributed by atoms with Crippen LogP contribution in [0.25, 0.3) is 0 Å². The first-order valence-electron chi connectivity index (χ1n) is 10.4. The third-order valence-electron chi connectivity index (χ3n) is 4.22. The van der Waals surface area contributed by atoms with Gasteiger partial charge in [0.25, 0.3) is 5.91 Å². The number of rotatable bonds is 16. The van der Waals surface area contributed by atoms with Gasteiger partial charge in [0.2, 0.25) is 0 Å². The van der Waals surface area contributed by atoms with Crippen molar-refractivity contribution in [3.8, 4) is 0 Å². The minimum Gasteiger partial charge on any atom is -0.415 e. The average Bonchev–Trinajstić information content (AvgIpc) is 2.69. The number of carbonyl (C=O) groups is 1. The Hall–Kier alpha value is -1.11. The molecule has 224 valence electrons. The van der Waals surface area contributed by atoms with E-state index in [2.05, 4.69) is 10.1 Å². The molecule has 3 atom stereocenters. The molecule has 0 saturated carbocycles. The summed E-state index contributed by atoms with van der Waals surface area (Å²) in [5, 5.41) is 3.95. The molecule has 0 aromatic heterocycles. The highest BCUT2D eigenvalue weighted by atomic mass is 28.5. The van der Waals surface area contributed by atoms with Crippen LogP contribution >= 0.6 is 0 Å². The lowest BCUT2D eigenvalue weighted by atomic mass is 10.2. The first kappa shape index (κ1) is 38.0. The summed E-state index contributed by atoms with van der Waals surface area (Å²) in [7, 11) is -6.35. The van der Waals surface area contributed by atoms with Crippen molar-refractivity contribution in [1.82, 2.24) is 10.6 Å². The molecule has 0 aliphatic rings. The van der Waals surface area contributed by atoms with Gasteiger partial charge in [-0.1, -0.05) is 0 Å². The van der Waals surface area contributed by atoms with Crippen LogP contribution in [0.2, 0.25) is 25.2 Å². The van der Waals surface area contributed by atoms with E-state index in [1.807, 2.05) is 0 Å². The van der Waals surface area contributed by atoms with Crippen LogP contribution in [0, 0.1) is 0 Å². The molecule has 0 aliphatic carbocycles. The van der Waals surface area contributed by atoms with E-state index in [1.54, 1.807) is 0 Å². The highest BCUT2D eigenvalue weighted by Crippen LogP contribution is 2.42. The van der Waals surface area contributed by atoms with Crippen molar-refractivity contribution in [3.63, 3.8) is 0 Å². The quantitative estimate of drug-likeness (QED) is 0.103. The molecule has 0 radical (unpaired) electrons. The topological polar surface area (TPSA) is 126 Å². The van der Waals surface area contributed by atoms with Gasteiger partial charge in [-0.15, -0.1) is 0 Å². The average molecular weight is 610 g/mol. The Labute approximate surface area is 207 Å². The van der Waals surface area contributed by atoms with Gasteiger partial charge in [-0.2, -0.15) is 39.5 Å². The Kier molecular flexibility index (Phi) is 15.9. The van der Waals surface area contributed by atoms with Crippen LogP contribution in [-0.4, -0.2) is 83.1 Å². The molecule has 37 heavy (non-hydrogen) atoms. The molecule has 0 aromatic carbocycles. The highest BCUT2D eigenvalue weighted by Gasteiger charge is 2.68. The maximum Gasteiger partial charge on any atom is 0.458 e. The lowest BCUT2D eigenvalue weighted by Gasteiger charge is -2.30. The Balaban J connectivity index is 0. The standard InChI is InChI=1S/C16H30F9N3O5Si2.F2/c1-34(30,9-3-5-26)33-35(2,31)10-4-6-27-7-8-28-12(29)15(22,16(23,24)25)32-14(20,21)11-13(17,18)19;1-2/h27,30-31H,3-11,26H2,1-2H3,(H,28,29);. The zero-order valence-electron chi connectivity index (χ0n) is 19.7. The van der Waals surface area contributed by atoms with E-state index in [0.717, 1.165) is 0 Å².